The van der Waals surface area contributed by atoms with Crippen molar-refractivity contribution < 1.29 is 4.79 Å². The van der Waals surface area contributed by atoms with Crippen LogP contribution >= 0.6 is 0 Å². The van der Waals surface area contributed by atoms with Gasteiger partial charge in [-0.05, 0) is 59.4 Å². The minimum atomic E-state index is -0.0130. The van der Waals surface area contributed by atoms with E-state index >= 15 is 0 Å². The number of carbonyl (C=O) groups is 1. The van der Waals surface area contributed by atoms with Crippen molar-refractivity contribution in [2.24, 2.45) is 5.41 Å². The second kappa shape index (κ2) is 5.27. The van der Waals surface area contributed by atoms with Gasteiger partial charge in [0.05, 0.1) is 5.69 Å². The Balaban J connectivity index is 1.65. The topological polar surface area (TPSA) is 72.7 Å². The number of carbonyl (C=O) groups excluding carboxylic acids is 1. The molecule has 3 rings (SSSR count). The van der Waals surface area contributed by atoms with Crippen molar-refractivity contribution in [2.75, 3.05) is 0 Å². The molecule has 0 saturated heterocycles. The van der Waals surface area contributed by atoms with Crippen molar-refractivity contribution >= 4 is 5.91 Å². The lowest BCUT2D eigenvalue weighted by Crippen LogP contribution is -2.33. The van der Waals surface area contributed by atoms with Crippen LogP contribution in [-0.4, -0.2) is 32.2 Å². The number of aromatic nitrogens is 4. The molecule has 6 heteroatoms. The number of benzene rings is 1. The largest absolute Gasteiger partial charge is 0.349 e. The Kier molecular flexibility index (Phi) is 3.45. The lowest BCUT2D eigenvalue weighted by Gasteiger charge is -2.17. The van der Waals surface area contributed by atoms with Gasteiger partial charge < -0.3 is 5.32 Å². The van der Waals surface area contributed by atoms with Crippen LogP contribution in [0.15, 0.2) is 30.6 Å². The molecule has 1 saturated carbocycles. The molecule has 0 spiro atoms. The summed E-state index contributed by atoms with van der Waals surface area (Å²) < 4.78 is 1.56. The second-order valence-electron chi connectivity index (χ2n) is 6.38. The highest BCUT2D eigenvalue weighted by molar-refractivity contribution is 5.94. The van der Waals surface area contributed by atoms with Crippen LogP contribution in [-0.2, 0) is 0 Å². The lowest BCUT2D eigenvalue weighted by molar-refractivity contribution is 0.0936. The number of hydrogen-bond donors (Lipinski definition) is 1. The summed E-state index contributed by atoms with van der Waals surface area (Å²) in [6.45, 7) is 4.50. The maximum atomic E-state index is 12.3. The van der Waals surface area contributed by atoms with E-state index in [1.54, 1.807) is 16.8 Å². The highest BCUT2D eigenvalue weighted by Crippen LogP contribution is 2.36. The zero-order valence-electron chi connectivity index (χ0n) is 12.3. The van der Waals surface area contributed by atoms with E-state index in [2.05, 4.69) is 34.7 Å². The zero-order chi connectivity index (χ0) is 14.9. The molecule has 21 heavy (non-hydrogen) atoms. The van der Waals surface area contributed by atoms with Gasteiger partial charge in [0.2, 0.25) is 0 Å². The van der Waals surface area contributed by atoms with Crippen molar-refractivity contribution in [3.05, 3.63) is 36.2 Å². The summed E-state index contributed by atoms with van der Waals surface area (Å²) in [7, 11) is 0. The molecule has 1 N–H and O–H groups in total. The normalized spacial score (nSPS) is 20.4. The first-order valence-corrected chi connectivity index (χ1v) is 7.18. The first-order chi connectivity index (χ1) is 10.0. The molecule has 1 atom stereocenters. The van der Waals surface area contributed by atoms with Crippen molar-refractivity contribution in [1.82, 2.24) is 25.5 Å². The van der Waals surface area contributed by atoms with E-state index in [1.807, 2.05) is 12.1 Å². The first-order valence-electron chi connectivity index (χ1n) is 7.18. The van der Waals surface area contributed by atoms with Gasteiger partial charge in [-0.15, -0.1) is 5.10 Å². The first kappa shape index (κ1) is 13.7. The monoisotopic (exact) mass is 285 g/mol. The molecular weight excluding hydrogens is 266 g/mol. The average Bonchev–Trinajstić information content (AvgIpc) is 3.09. The molecule has 1 unspecified atom stereocenters. The summed E-state index contributed by atoms with van der Waals surface area (Å²) in [5.41, 5.74) is 1.83. The van der Waals surface area contributed by atoms with E-state index in [0.717, 1.165) is 24.9 Å². The summed E-state index contributed by atoms with van der Waals surface area (Å²) in [4.78, 5) is 12.3. The third-order valence-electron chi connectivity index (χ3n) is 4.05. The predicted octanol–water partition coefficient (Wildman–Crippen LogP) is 1.97. The molecule has 1 aliphatic rings. The van der Waals surface area contributed by atoms with Crippen LogP contribution in [0.5, 0.6) is 0 Å². The van der Waals surface area contributed by atoms with Gasteiger partial charge in [0.25, 0.3) is 5.91 Å². The van der Waals surface area contributed by atoms with Gasteiger partial charge in [-0.3, -0.25) is 4.79 Å². The molecule has 1 amide bonds. The molecular formula is C15H19N5O. The van der Waals surface area contributed by atoms with Crippen molar-refractivity contribution in [3.8, 4) is 5.69 Å². The Hall–Kier alpha value is -2.24. The van der Waals surface area contributed by atoms with Gasteiger partial charge in [0.1, 0.15) is 6.33 Å². The number of rotatable bonds is 3. The highest BCUT2D eigenvalue weighted by Gasteiger charge is 2.31. The summed E-state index contributed by atoms with van der Waals surface area (Å²) in [6.07, 6.45) is 4.79. The minimum Gasteiger partial charge on any atom is -0.349 e. The fourth-order valence-electron chi connectivity index (χ4n) is 2.87. The standard InChI is InChI=1S/C15H19N5O/c1-15(2)8-7-12(9-15)17-14(21)11-3-5-13(6-4-11)20-10-16-18-19-20/h3-6,10,12H,7-9H2,1-2H3,(H,17,21). The zero-order valence-corrected chi connectivity index (χ0v) is 12.3. The third-order valence-corrected chi connectivity index (χ3v) is 4.05. The Labute approximate surface area is 123 Å². The quantitative estimate of drug-likeness (QED) is 0.935. The van der Waals surface area contributed by atoms with E-state index in [-0.39, 0.29) is 11.9 Å². The van der Waals surface area contributed by atoms with Crippen LogP contribution in [0.4, 0.5) is 0 Å². The van der Waals surface area contributed by atoms with Crippen molar-refractivity contribution in [1.29, 1.82) is 0 Å². The summed E-state index contributed by atoms with van der Waals surface area (Å²) in [5, 5.41) is 14.1. The lowest BCUT2D eigenvalue weighted by atomic mass is 9.92. The Bertz CT molecular complexity index is 618. The van der Waals surface area contributed by atoms with Crippen LogP contribution < -0.4 is 5.32 Å². The van der Waals surface area contributed by atoms with E-state index in [4.69, 9.17) is 0 Å². The molecule has 110 valence electrons. The Morgan fingerprint density at radius 3 is 2.67 bits per heavy atom. The maximum absolute atomic E-state index is 12.3. The Morgan fingerprint density at radius 1 is 1.33 bits per heavy atom. The smallest absolute Gasteiger partial charge is 0.251 e. The molecule has 1 aromatic heterocycles. The third kappa shape index (κ3) is 3.09. The summed E-state index contributed by atoms with van der Waals surface area (Å²) in [6, 6.07) is 7.55. The van der Waals surface area contributed by atoms with Crippen LogP contribution in [0.2, 0.25) is 0 Å². The number of nitrogens with one attached hydrogen (secondary N) is 1. The number of amides is 1. The van der Waals surface area contributed by atoms with E-state index in [9.17, 15) is 4.79 Å². The molecule has 1 heterocycles. The SMILES string of the molecule is CC1(C)CCC(NC(=O)c2ccc(-n3cnnn3)cc2)C1. The number of hydrogen-bond acceptors (Lipinski definition) is 4. The number of nitrogens with zero attached hydrogens (tertiary/aromatic N) is 4. The van der Waals surface area contributed by atoms with Gasteiger partial charge in [-0.2, -0.15) is 0 Å². The highest BCUT2D eigenvalue weighted by atomic mass is 16.1. The Morgan fingerprint density at radius 2 is 2.10 bits per heavy atom. The van der Waals surface area contributed by atoms with Gasteiger partial charge in [-0.25, -0.2) is 4.68 Å². The molecule has 0 radical (unpaired) electrons. The second-order valence-corrected chi connectivity index (χ2v) is 6.38. The predicted molar refractivity (Wildman–Crippen MR) is 78.0 cm³/mol. The van der Waals surface area contributed by atoms with Crippen LogP contribution in [0.1, 0.15) is 43.5 Å². The average molecular weight is 285 g/mol. The van der Waals surface area contributed by atoms with Crippen molar-refractivity contribution in [2.45, 2.75) is 39.2 Å². The minimum absolute atomic E-state index is 0.0130. The van der Waals surface area contributed by atoms with E-state index in [0.29, 0.717) is 11.0 Å². The van der Waals surface area contributed by atoms with Crippen LogP contribution in [0, 0.1) is 5.41 Å². The molecule has 1 aliphatic carbocycles. The number of tetrazole rings is 1. The fourth-order valence-corrected chi connectivity index (χ4v) is 2.87. The molecule has 0 bridgehead atoms. The van der Waals surface area contributed by atoms with Gasteiger partial charge in [0, 0.05) is 11.6 Å². The maximum Gasteiger partial charge on any atom is 0.251 e. The van der Waals surface area contributed by atoms with Crippen LogP contribution in [0.3, 0.4) is 0 Å². The van der Waals surface area contributed by atoms with Gasteiger partial charge in [0.15, 0.2) is 0 Å². The summed E-state index contributed by atoms with van der Waals surface area (Å²) >= 11 is 0. The molecule has 1 fully saturated rings. The van der Waals surface area contributed by atoms with Crippen molar-refractivity contribution in [3.63, 3.8) is 0 Å². The van der Waals surface area contributed by atoms with E-state index < -0.39 is 0 Å². The fraction of sp³-hybridized carbons (Fsp3) is 0.467. The van der Waals surface area contributed by atoms with Gasteiger partial charge in [-0.1, -0.05) is 13.8 Å². The van der Waals surface area contributed by atoms with Crippen LogP contribution in [0.25, 0.3) is 5.69 Å². The van der Waals surface area contributed by atoms with Gasteiger partial charge >= 0.3 is 0 Å². The van der Waals surface area contributed by atoms with E-state index in [1.165, 1.54) is 6.33 Å². The molecule has 2 aromatic rings. The molecule has 1 aromatic carbocycles. The molecule has 0 aliphatic heterocycles. The summed E-state index contributed by atoms with van der Waals surface area (Å²) in [5.74, 6) is -0.0130. The molecule has 6 nitrogen and oxygen atoms in total.